The summed E-state index contributed by atoms with van der Waals surface area (Å²) in [5.74, 6) is 0. The molecule has 0 spiro atoms. The third-order valence-corrected chi connectivity index (χ3v) is 6.25. The number of hydrogen-bond donors (Lipinski definition) is 2. The van der Waals surface area contributed by atoms with E-state index in [-0.39, 0.29) is 18.0 Å². The van der Waals surface area contributed by atoms with Gasteiger partial charge in [-0.15, -0.1) is 11.3 Å². The van der Waals surface area contributed by atoms with Gasteiger partial charge in [0.2, 0.25) is 10.0 Å². The van der Waals surface area contributed by atoms with Crippen LogP contribution in [0.1, 0.15) is 10.6 Å². The second-order valence-corrected chi connectivity index (χ2v) is 8.17. The minimum atomic E-state index is -3.58. The third-order valence-electron chi connectivity index (χ3n) is 2.55. The predicted molar refractivity (Wildman–Crippen MR) is 81.1 cm³/mol. The summed E-state index contributed by atoms with van der Waals surface area (Å²) < 4.78 is 27.3. The van der Waals surface area contributed by atoms with Gasteiger partial charge in [-0.1, -0.05) is 6.07 Å². The number of nitrogens with zero attached hydrogens (tertiary/aromatic N) is 1. The molecule has 0 saturated carbocycles. The van der Waals surface area contributed by atoms with E-state index in [2.05, 4.69) is 25.6 Å². The van der Waals surface area contributed by atoms with Gasteiger partial charge in [0, 0.05) is 29.7 Å². The van der Waals surface area contributed by atoms with Gasteiger partial charge in [-0.05, 0) is 34.1 Å². The highest BCUT2D eigenvalue weighted by Gasteiger charge is 2.20. The van der Waals surface area contributed by atoms with Crippen molar-refractivity contribution in [2.24, 2.45) is 0 Å². The quantitative estimate of drug-likeness (QED) is 0.806. The number of aromatic nitrogens is 1. The van der Waals surface area contributed by atoms with Gasteiger partial charge in [0.25, 0.3) is 0 Å². The van der Waals surface area contributed by atoms with E-state index in [0.717, 1.165) is 5.69 Å². The van der Waals surface area contributed by atoms with Crippen LogP contribution in [0.15, 0.2) is 39.1 Å². The summed E-state index contributed by atoms with van der Waals surface area (Å²) in [6, 6.07) is 6.99. The van der Waals surface area contributed by atoms with Crippen LogP contribution < -0.4 is 4.72 Å². The first-order valence-corrected chi connectivity index (χ1v) is 8.91. The van der Waals surface area contributed by atoms with Crippen molar-refractivity contribution in [1.82, 2.24) is 9.71 Å². The Morgan fingerprint density at radius 2 is 2.20 bits per heavy atom. The maximum absolute atomic E-state index is 12.1. The molecule has 0 saturated heterocycles. The fourth-order valence-electron chi connectivity index (χ4n) is 1.60. The number of hydrogen-bond acceptors (Lipinski definition) is 5. The molecular formula is C12H13BrN2O3S2. The summed E-state index contributed by atoms with van der Waals surface area (Å²) in [5, 5.41) is 9.03. The molecule has 0 unspecified atom stereocenters. The molecule has 0 aliphatic heterocycles. The second-order valence-electron chi connectivity index (χ2n) is 3.98. The highest BCUT2D eigenvalue weighted by atomic mass is 79.9. The first-order chi connectivity index (χ1) is 9.53. The van der Waals surface area contributed by atoms with Crippen molar-refractivity contribution in [3.63, 3.8) is 0 Å². The molecule has 0 atom stereocenters. The lowest BCUT2D eigenvalue weighted by molar-refractivity contribution is 0.285. The molecule has 0 bridgehead atoms. The molecule has 0 aliphatic rings. The lowest BCUT2D eigenvalue weighted by Gasteiger charge is -2.05. The average Bonchev–Trinajstić information content (AvgIpc) is 2.82. The SMILES string of the molecule is O=S(=O)(NCCc1ccccn1)c1cc(CO)sc1Br. The third kappa shape index (κ3) is 3.86. The molecule has 0 aromatic carbocycles. The van der Waals surface area contributed by atoms with Gasteiger partial charge in [-0.2, -0.15) is 0 Å². The summed E-state index contributed by atoms with van der Waals surface area (Å²) in [6.07, 6.45) is 2.20. The zero-order chi connectivity index (χ0) is 14.6. The Balaban J connectivity index is 2.02. The van der Waals surface area contributed by atoms with Gasteiger partial charge in [0.05, 0.1) is 10.4 Å². The van der Waals surface area contributed by atoms with Gasteiger partial charge in [-0.25, -0.2) is 13.1 Å². The van der Waals surface area contributed by atoms with Crippen molar-refractivity contribution in [3.05, 3.63) is 44.8 Å². The maximum atomic E-state index is 12.1. The predicted octanol–water partition coefficient (Wildman–Crippen LogP) is 1.92. The highest BCUT2D eigenvalue weighted by Crippen LogP contribution is 2.31. The number of aliphatic hydroxyl groups is 1. The van der Waals surface area contributed by atoms with Gasteiger partial charge < -0.3 is 5.11 Å². The molecule has 2 aromatic rings. The van der Waals surface area contributed by atoms with Crippen molar-refractivity contribution in [2.75, 3.05) is 6.54 Å². The van der Waals surface area contributed by atoms with Crippen LogP contribution in [0, 0.1) is 0 Å². The van der Waals surface area contributed by atoms with E-state index in [4.69, 9.17) is 5.11 Å². The number of halogens is 1. The highest BCUT2D eigenvalue weighted by molar-refractivity contribution is 9.11. The van der Waals surface area contributed by atoms with Crippen LogP contribution >= 0.6 is 27.3 Å². The minimum Gasteiger partial charge on any atom is -0.391 e. The van der Waals surface area contributed by atoms with Crippen molar-refractivity contribution in [1.29, 1.82) is 0 Å². The molecule has 20 heavy (non-hydrogen) atoms. The zero-order valence-electron chi connectivity index (χ0n) is 10.4. The monoisotopic (exact) mass is 376 g/mol. The fraction of sp³-hybridized carbons (Fsp3) is 0.250. The molecule has 0 fully saturated rings. The van der Waals surface area contributed by atoms with Crippen LogP contribution in [0.3, 0.4) is 0 Å². The summed E-state index contributed by atoms with van der Waals surface area (Å²) in [5.41, 5.74) is 0.829. The smallest absolute Gasteiger partial charge is 0.242 e. The molecular weight excluding hydrogens is 364 g/mol. The van der Waals surface area contributed by atoms with Gasteiger partial charge in [0.1, 0.15) is 4.90 Å². The van der Waals surface area contributed by atoms with E-state index in [0.29, 0.717) is 15.1 Å². The van der Waals surface area contributed by atoms with E-state index in [9.17, 15) is 8.42 Å². The minimum absolute atomic E-state index is 0.160. The number of thiophene rings is 1. The van der Waals surface area contributed by atoms with E-state index in [1.165, 1.54) is 17.4 Å². The largest absolute Gasteiger partial charge is 0.391 e. The van der Waals surface area contributed by atoms with Gasteiger partial charge in [0.15, 0.2) is 0 Å². The normalized spacial score (nSPS) is 11.7. The molecule has 5 nitrogen and oxygen atoms in total. The molecule has 0 aliphatic carbocycles. The number of pyridine rings is 1. The number of nitrogens with one attached hydrogen (secondary N) is 1. The van der Waals surface area contributed by atoms with Crippen molar-refractivity contribution >= 4 is 37.3 Å². The van der Waals surface area contributed by atoms with Gasteiger partial charge in [-0.3, -0.25) is 4.98 Å². The zero-order valence-corrected chi connectivity index (χ0v) is 13.6. The Bertz CT molecular complexity index is 671. The first kappa shape index (κ1) is 15.6. The summed E-state index contributed by atoms with van der Waals surface area (Å²) in [6.45, 7) is 0.100. The van der Waals surface area contributed by atoms with Crippen LogP contribution in [0.2, 0.25) is 0 Å². The Hall–Kier alpha value is -0.800. The lowest BCUT2D eigenvalue weighted by Crippen LogP contribution is -2.26. The summed E-state index contributed by atoms with van der Waals surface area (Å²) >= 11 is 4.41. The van der Waals surface area contributed by atoms with Crippen LogP contribution in [0.25, 0.3) is 0 Å². The molecule has 0 amide bonds. The molecule has 2 rings (SSSR count). The molecule has 2 heterocycles. The topological polar surface area (TPSA) is 79.3 Å². The molecule has 0 radical (unpaired) electrons. The van der Waals surface area contributed by atoms with E-state index in [1.807, 2.05) is 18.2 Å². The van der Waals surface area contributed by atoms with Crippen molar-refractivity contribution < 1.29 is 13.5 Å². The summed E-state index contributed by atoms with van der Waals surface area (Å²) in [4.78, 5) is 4.89. The maximum Gasteiger partial charge on any atom is 0.242 e. The molecule has 108 valence electrons. The van der Waals surface area contributed by atoms with Crippen LogP contribution in [0.5, 0.6) is 0 Å². The van der Waals surface area contributed by atoms with Crippen molar-refractivity contribution in [3.8, 4) is 0 Å². The standard InChI is InChI=1S/C12H13BrN2O3S2/c13-12-11(7-10(8-16)19-12)20(17,18)15-6-4-9-3-1-2-5-14-9/h1-3,5,7,15-16H,4,6,8H2. The number of rotatable bonds is 6. The summed E-state index contributed by atoms with van der Waals surface area (Å²) in [7, 11) is -3.58. The van der Waals surface area contributed by atoms with Crippen LogP contribution in [-0.2, 0) is 23.1 Å². The second kappa shape index (κ2) is 6.77. The van der Waals surface area contributed by atoms with Gasteiger partial charge >= 0.3 is 0 Å². The molecule has 8 heteroatoms. The Morgan fingerprint density at radius 1 is 1.40 bits per heavy atom. The number of sulfonamides is 1. The van der Waals surface area contributed by atoms with E-state index in [1.54, 1.807) is 6.20 Å². The van der Waals surface area contributed by atoms with Crippen LogP contribution in [-0.4, -0.2) is 25.1 Å². The van der Waals surface area contributed by atoms with Crippen molar-refractivity contribution in [2.45, 2.75) is 17.9 Å². The Labute approximate surface area is 129 Å². The number of aliphatic hydroxyl groups excluding tert-OH is 1. The lowest BCUT2D eigenvalue weighted by atomic mass is 10.3. The van der Waals surface area contributed by atoms with Crippen LogP contribution in [0.4, 0.5) is 0 Å². The van der Waals surface area contributed by atoms with E-state index < -0.39 is 10.0 Å². The molecule has 2 N–H and O–H groups in total. The first-order valence-electron chi connectivity index (χ1n) is 5.81. The van der Waals surface area contributed by atoms with E-state index >= 15 is 0 Å². The average molecular weight is 377 g/mol. The Kier molecular flexibility index (Phi) is 5.28. The molecule has 2 aromatic heterocycles. The Morgan fingerprint density at radius 3 is 2.80 bits per heavy atom. The fourth-order valence-corrected chi connectivity index (χ4v) is 5.17.